The lowest BCUT2D eigenvalue weighted by molar-refractivity contribution is 0.819. The van der Waals surface area contributed by atoms with Crippen molar-refractivity contribution in [2.24, 2.45) is 0 Å². The summed E-state index contributed by atoms with van der Waals surface area (Å²) < 4.78 is 1.05. The molecule has 2 aliphatic rings. The number of hydrogen-bond acceptors (Lipinski definition) is 4. The second-order valence-electron chi connectivity index (χ2n) is 8.42. The predicted molar refractivity (Wildman–Crippen MR) is 144 cm³/mol. The first-order chi connectivity index (χ1) is 16.8. The summed E-state index contributed by atoms with van der Waals surface area (Å²) in [6.07, 6.45) is 8.08. The smallest absolute Gasteiger partial charge is 0.158 e. The van der Waals surface area contributed by atoms with Crippen molar-refractivity contribution in [3.63, 3.8) is 0 Å². The highest BCUT2D eigenvalue weighted by Gasteiger charge is 2.33. The highest BCUT2D eigenvalue weighted by Crippen LogP contribution is 2.46. The monoisotopic (exact) mass is 506 g/mol. The van der Waals surface area contributed by atoms with Crippen LogP contribution >= 0.6 is 15.9 Å². The van der Waals surface area contributed by atoms with E-state index in [0.717, 1.165) is 39.3 Å². The number of hydrogen-bond donors (Lipinski definition) is 2. The van der Waals surface area contributed by atoms with Crippen LogP contribution in [0.5, 0.6) is 0 Å². The number of dihydropyridines is 1. The van der Waals surface area contributed by atoms with Crippen molar-refractivity contribution in [2.45, 2.75) is 6.17 Å². The number of halogens is 1. The minimum absolute atomic E-state index is 0.0835. The van der Waals surface area contributed by atoms with Crippen molar-refractivity contribution in [2.75, 3.05) is 16.8 Å². The normalized spacial score (nSPS) is 16.4. The summed E-state index contributed by atoms with van der Waals surface area (Å²) in [6, 6.07) is 29.7. The average Bonchev–Trinajstić information content (AvgIpc) is 3.29. The van der Waals surface area contributed by atoms with E-state index in [1.807, 2.05) is 30.6 Å². The van der Waals surface area contributed by atoms with E-state index >= 15 is 0 Å². The fraction of sp³-hybridized carbons (Fsp3) is 0.0690. The molecule has 1 aromatic heterocycles. The van der Waals surface area contributed by atoms with Gasteiger partial charge in [0.2, 0.25) is 0 Å². The molecule has 166 valence electrons. The molecule has 0 radical (unpaired) electrons. The second kappa shape index (κ2) is 8.84. The van der Waals surface area contributed by atoms with Crippen LogP contribution in [0.1, 0.15) is 17.3 Å². The third-order valence-corrected chi connectivity index (χ3v) is 6.66. The number of benzene rings is 3. The molecule has 3 aromatic carbocycles. The maximum absolute atomic E-state index is 4.93. The van der Waals surface area contributed by atoms with Gasteiger partial charge in [0.1, 0.15) is 6.17 Å². The molecule has 0 saturated heterocycles. The number of nitrogens with one attached hydrogen (secondary N) is 2. The first kappa shape index (κ1) is 20.8. The van der Waals surface area contributed by atoms with E-state index in [9.17, 15) is 0 Å². The number of fused-ring (bicyclic) bond motifs is 1. The van der Waals surface area contributed by atoms with Crippen LogP contribution in [0.2, 0.25) is 0 Å². The van der Waals surface area contributed by atoms with E-state index in [2.05, 4.69) is 110 Å². The van der Waals surface area contributed by atoms with Gasteiger partial charge >= 0.3 is 0 Å². The standard InChI is InChI=1S/C29H23BrN4/c30-25-15-22(21-10-7-13-31-18-21)14-23(16-25)28-33-27-17-24(20-8-3-1-4-9-20)19-32-29(27)34(28)26-11-5-2-6-12-26/h1-17,19,28,31,33H,18H2. The van der Waals surface area contributed by atoms with Gasteiger partial charge in [-0.3, -0.25) is 4.90 Å². The lowest BCUT2D eigenvalue weighted by Gasteiger charge is -2.27. The van der Waals surface area contributed by atoms with Gasteiger partial charge < -0.3 is 10.6 Å². The molecule has 2 N–H and O–H groups in total. The molecular weight excluding hydrogens is 484 g/mol. The van der Waals surface area contributed by atoms with Crippen molar-refractivity contribution in [1.29, 1.82) is 0 Å². The van der Waals surface area contributed by atoms with Gasteiger partial charge in [0, 0.05) is 28.5 Å². The van der Waals surface area contributed by atoms with Crippen molar-refractivity contribution in [1.82, 2.24) is 10.3 Å². The van der Waals surface area contributed by atoms with E-state index in [1.54, 1.807) is 0 Å². The van der Waals surface area contributed by atoms with Crippen LogP contribution < -0.4 is 15.5 Å². The molecule has 0 fully saturated rings. The van der Waals surface area contributed by atoms with Gasteiger partial charge in [-0.2, -0.15) is 0 Å². The molecule has 0 amide bonds. The Bertz CT molecular complexity index is 1400. The number of para-hydroxylation sites is 1. The van der Waals surface area contributed by atoms with Gasteiger partial charge in [-0.15, -0.1) is 0 Å². The molecule has 0 bridgehead atoms. The Hall–Kier alpha value is -3.83. The minimum atomic E-state index is -0.0835. The summed E-state index contributed by atoms with van der Waals surface area (Å²) in [5, 5.41) is 7.07. The molecule has 5 heteroatoms. The zero-order chi connectivity index (χ0) is 22.9. The molecule has 0 aliphatic carbocycles. The number of anilines is 3. The van der Waals surface area contributed by atoms with Gasteiger partial charge in [-0.05, 0) is 70.9 Å². The minimum Gasteiger partial charge on any atom is -0.387 e. The molecular formula is C29H23BrN4. The van der Waals surface area contributed by atoms with Gasteiger partial charge in [0.05, 0.1) is 5.69 Å². The fourth-order valence-corrected chi connectivity index (χ4v) is 5.10. The number of allylic oxidation sites excluding steroid dienone is 2. The second-order valence-corrected chi connectivity index (χ2v) is 9.33. The number of rotatable bonds is 4. The summed E-state index contributed by atoms with van der Waals surface area (Å²) in [5.41, 5.74) is 8.01. The lowest BCUT2D eigenvalue weighted by atomic mass is 10.00. The topological polar surface area (TPSA) is 40.2 Å². The predicted octanol–water partition coefficient (Wildman–Crippen LogP) is 7.27. The Labute approximate surface area is 207 Å². The van der Waals surface area contributed by atoms with Gasteiger partial charge in [-0.25, -0.2) is 4.98 Å². The maximum atomic E-state index is 4.93. The van der Waals surface area contributed by atoms with Crippen LogP contribution in [-0.4, -0.2) is 11.5 Å². The van der Waals surface area contributed by atoms with Crippen molar-refractivity contribution >= 4 is 38.7 Å². The van der Waals surface area contributed by atoms with Gasteiger partial charge in [0.15, 0.2) is 5.82 Å². The van der Waals surface area contributed by atoms with Crippen molar-refractivity contribution in [3.8, 4) is 11.1 Å². The van der Waals surface area contributed by atoms with Gasteiger partial charge in [-0.1, -0.05) is 70.5 Å². The SMILES string of the molecule is Brc1cc(C2=CC=CNC2)cc(C2Nc3cc(-c4ccccc4)cnc3N2c2ccccc2)c1. The van der Waals surface area contributed by atoms with Gasteiger partial charge in [0.25, 0.3) is 0 Å². The summed E-state index contributed by atoms with van der Waals surface area (Å²) in [7, 11) is 0. The van der Waals surface area contributed by atoms with E-state index in [4.69, 9.17) is 4.98 Å². The zero-order valence-electron chi connectivity index (χ0n) is 18.4. The summed E-state index contributed by atoms with van der Waals surface area (Å²) in [4.78, 5) is 7.21. The first-order valence-corrected chi connectivity index (χ1v) is 12.1. The quantitative estimate of drug-likeness (QED) is 0.305. The Morgan fingerprint density at radius 1 is 0.853 bits per heavy atom. The fourth-order valence-electron chi connectivity index (χ4n) is 4.58. The Kier molecular flexibility index (Phi) is 5.40. The summed E-state index contributed by atoms with van der Waals surface area (Å²) in [6.45, 7) is 0.815. The molecule has 0 saturated carbocycles. The third-order valence-electron chi connectivity index (χ3n) is 6.20. The first-order valence-electron chi connectivity index (χ1n) is 11.3. The van der Waals surface area contributed by atoms with Crippen LogP contribution in [-0.2, 0) is 0 Å². The number of pyridine rings is 1. The van der Waals surface area contributed by atoms with Crippen LogP contribution in [0, 0.1) is 0 Å². The molecule has 4 nitrogen and oxygen atoms in total. The van der Waals surface area contributed by atoms with Crippen molar-refractivity contribution < 1.29 is 0 Å². The molecule has 6 rings (SSSR count). The Morgan fingerprint density at radius 3 is 2.41 bits per heavy atom. The van der Waals surface area contributed by atoms with E-state index in [1.165, 1.54) is 16.7 Å². The molecule has 1 unspecified atom stereocenters. The van der Waals surface area contributed by atoms with Crippen LogP contribution in [0.3, 0.4) is 0 Å². The molecule has 2 aliphatic heterocycles. The largest absolute Gasteiger partial charge is 0.387 e. The number of aromatic nitrogens is 1. The van der Waals surface area contributed by atoms with E-state index < -0.39 is 0 Å². The Balaban J connectivity index is 1.45. The lowest BCUT2D eigenvalue weighted by Crippen LogP contribution is -2.24. The van der Waals surface area contributed by atoms with Crippen LogP contribution in [0.4, 0.5) is 17.2 Å². The molecule has 3 heterocycles. The third kappa shape index (κ3) is 3.88. The molecule has 0 spiro atoms. The van der Waals surface area contributed by atoms with E-state index in [0.29, 0.717) is 0 Å². The molecule has 34 heavy (non-hydrogen) atoms. The maximum Gasteiger partial charge on any atom is 0.158 e. The molecule has 1 atom stereocenters. The van der Waals surface area contributed by atoms with Crippen molar-refractivity contribution in [3.05, 3.63) is 125 Å². The average molecular weight is 507 g/mol. The highest BCUT2D eigenvalue weighted by molar-refractivity contribution is 9.10. The van der Waals surface area contributed by atoms with E-state index in [-0.39, 0.29) is 6.17 Å². The van der Waals surface area contributed by atoms with Crippen LogP contribution in [0.15, 0.2) is 114 Å². The Morgan fingerprint density at radius 2 is 1.65 bits per heavy atom. The summed E-state index contributed by atoms with van der Waals surface area (Å²) >= 11 is 3.75. The van der Waals surface area contributed by atoms with Crippen LogP contribution in [0.25, 0.3) is 16.7 Å². The zero-order valence-corrected chi connectivity index (χ0v) is 20.0. The molecule has 4 aromatic rings. The highest BCUT2D eigenvalue weighted by atomic mass is 79.9. The summed E-state index contributed by atoms with van der Waals surface area (Å²) in [5.74, 6) is 0.930. The number of nitrogens with zero attached hydrogens (tertiary/aromatic N) is 2.